The molecule has 1 N–H and O–H groups in total. The molecule has 0 aliphatic carbocycles. The Morgan fingerprint density at radius 3 is 2.19 bits per heavy atom. The van der Waals surface area contributed by atoms with E-state index in [1.54, 1.807) is 44.2 Å². The molecule has 3 rings (SSSR count). The third-order valence-corrected chi connectivity index (χ3v) is 8.52. The van der Waals surface area contributed by atoms with Gasteiger partial charge in [0.25, 0.3) is 10.0 Å². The van der Waals surface area contributed by atoms with Gasteiger partial charge in [-0.2, -0.15) is 13.2 Å². The second-order valence-corrected chi connectivity index (χ2v) is 11.4. The maximum atomic E-state index is 14.0. The molecule has 0 aliphatic rings. The van der Waals surface area contributed by atoms with E-state index in [4.69, 9.17) is 16.3 Å². The highest BCUT2D eigenvalue weighted by atomic mass is 35.5. The van der Waals surface area contributed by atoms with Gasteiger partial charge >= 0.3 is 6.18 Å². The maximum absolute atomic E-state index is 14.0. The second kappa shape index (κ2) is 13.9. The summed E-state index contributed by atoms with van der Waals surface area (Å²) < 4.78 is 74.5. The summed E-state index contributed by atoms with van der Waals surface area (Å²) in [5.41, 5.74) is -1.05. The number of halogens is 4. The largest absolute Gasteiger partial charge is 0.497 e. The number of amides is 2. The predicted octanol–water partition coefficient (Wildman–Crippen LogP) is 5.51. The Morgan fingerprint density at radius 2 is 1.64 bits per heavy atom. The molecule has 13 heteroatoms. The smallest absolute Gasteiger partial charge is 0.417 e. The van der Waals surface area contributed by atoms with Gasteiger partial charge in [-0.25, -0.2) is 8.42 Å². The second-order valence-electron chi connectivity index (χ2n) is 9.17. The minimum Gasteiger partial charge on any atom is -0.497 e. The van der Waals surface area contributed by atoms with E-state index in [-0.39, 0.29) is 17.9 Å². The first-order valence-corrected chi connectivity index (χ1v) is 14.8. The number of alkyl halides is 3. The summed E-state index contributed by atoms with van der Waals surface area (Å²) in [7, 11) is -3.05. The van der Waals surface area contributed by atoms with Gasteiger partial charge in [0.05, 0.1) is 28.3 Å². The first-order chi connectivity index (χ1) is 19.8. The van der Waals surface area contributed by atoms with Gasteiger partial charge < -0.3 is 15.0 Å². The van der Waals surface area contributed by atoms with Gasteiger partial charge in [0.15, 0.2) is 0 Å². The highest BCUT2D eigenvalue weighted by Gasteiger charge is 2.37. The van der Waals surface area contributed by atoms with Gasteiger partial charge in [-0.1, -0.05) is 48.9 Å². The van der Waals surface area contributed by atoms with Gasteiger partial charge in [0.2, 0.25) is 11.8 Å². The summed E-state index contributed by atoms with van der Waals surface area (Å²) in [5.74, 6) is -0.687. The molecule has 42 heavy (non-hydrogen) atoms. The zero-order valence-corrected chi connectivity index (χ0v) is 24.8. The molecule has 0 saturated heterocycles. The topological polar surface area (TPSA) is 96.0 Å². The highest BCUT2D eigenvalue weighted by molar-refractivity contribution is 7.92. The lowest BCUT2D eigenvalue weighted by Crippen LogP contribution is -2.52. The van der Waals surface area contributed by atoms with Crippen molar-refractivity contribution in [3.63, 3.8) is 0 Å². The van der Waals surface area contributed by atoms with Crippen molar-refractivity contribution in [1.82, 2.24) is 10.2 Å². The molecule has 3 aromatic carbocycles. The average molecular weight is 626 g/mol. The number of ether oxygens (including phenoxy) is 1. The van der Waals surface area contributed by atoms with Crippen molar-refractivity contribution in [3.8, 4) is 5.75 Å². The minimum atomic E-state index is -4.88. The number of nitrogens with one attached hydrogen (secondary N) is 1. The molecule has 1 atom stereocenters. The monoisotopic (exact) mass is 625 g/mol. The van der Waals surface area contributed by atoms with Crippen LogP contribution >= 0.6 is 11.6 Å². The van der Waals surface area contributed by atoms with Crippen LogP contribution in [0.15, 0.2) is 77.7 Å². The van der Waals surface area contributed by atoms with E-state index in [1.807, 2.05) is 0 Å². The van der Waals surface area contributed by atoms with Crippen LogP contribution in [-0.4, -0.2) is 51.4 Å². The summed E-state index contributed by atoms with van der Waals surface area (Å²) in [6.45, 7) is 2.74. The Kier molecular flexibility index (Phi) is 10.9. The molecule has 0 radical (unpaired) electrons. The van der Waals surface area contributed by atoms with Crippen LogP contribution in [0.3, 0.4) is 0 Å². The predicted molar refractivity (Wildman–Crippen MR) is 154 cm³/mol. The summed E-state index contributed by atoms with van der Waals surface area (Å²) in [6, 6.07) is 15.4. The first-order valence-electron chi connectivity index (χ1n) is 13.0. The van der Waals surface area contributed by atoms with Crippen molar-refractivity contribution >= 4 is 39.1 Å². The number of carbonyl (C=O) groups is 2. The number of likely N-dealkylation sites (N-methyl/N-ethyl adjacent to an activating group) is 1. The number of hydrogen-bond acceptors (Lipinski definition) is 5. The molecule has 226 valence electrons. The maximum Gasteiger partial charge on any atom is 0.417 e. The summed E-state index contributed by atoms with van der Waals surface area (Å²) >= 11 is 5.79. The van der Waals surface area contributed by atoms with Gasteiger partial charge in [-0.3, -0.25) is 13.9 Å². The lowest BCUT2D eigenvalue weighted by atomic mass is 10.1. The molecule has 0 aliphatic heterocycles. The van der Waals surface area contributed by atoms with E-state index in [9.17, 15) is 31.2 Å². The van der Waals surface area contributed by atoms with Crippen LogP contribution in [0.5, 0.6) is 5.75 Å². The third kappa shape index (κ3) is 7.74. The molecule has 0 heterocycles. The zero-order valence-electron chi connectivity index (χ0n) is 23.2. The number of carbonyl (C=O) groups excluding carboxylic acids is 2. The molecule has 0 spiro atoms. The number of benzene rings is 3. The molecule has 0 aromatic heterocycles. The molecule has 0 fully saturated rings. The van der Waals surface area contributed by atoms with Gasteiger partial charge in [0.1, 0.15) is 18.3 Å². The van der Waals surface area contributed by atoms with Crippen LogP contribution in [0, 0.1) is 0 Å². The number of nitrogens with zero attached hydrogens (tertiary/aromatic N) is 2. The molecule has 0 bridgehead atoms. The van der Waals surface area contributed by atoms with Crippen LogP contribution in [-0.2, 0) is 32.3 Å². The van der Waals surface area contributed by atoms with E-state index >= 15 is 0 Å². The summed E-state index contributed by atoms with van der Waals surface area (Å²) in [5, 5.41) is 2.06. The fraction of sp³-hybridized carbons (Fsp3) is 0.310. The Labute approximate surface area is 248 Å². The number of anilines is 1. The average Bonchev–Trinajstić information content (AvgIpc) is 2.96. The molecule has 2 amide bonds. The van der Waals surface area contributed by atoms with E-state index in [2.05, 4.69) is 5.32 Å². The summed E-state index contributed by atoms with van der Waals surface area (Å²) in [4.78, 5) is 27.9. The normalized spacial score (nSPS) is 12.4. The number of hydrogen-bond donors (Lipinski definition) is 1. The Bertz CT molecular complexity index is 1490. The SMILES string of the molecule is CCNC(=O)[C@@H](CC)N(Cc1ccc(OC)cc1)C(=O)CN(c1ccc(Cl)c(C(F)(F)F)c1)S(=O)(=O)c1ccccc1. The Morgan fingerprint density at radius 1 is 1.00 bits per heavy atom. The lowest BCUT2D eigenvalue weighted by Gasteiger charge is -2.33. The van der Waals surface area contributed by atoms with Gasteiger partial charge in [0, 0.05) is 13.1 Å². The molecule has 8 nitrogen and oxygen atoms in total. The van der Waals surface area contributed by atoms with Crippen LogP contribution < -0.4 is 14.4 Å². The van der Waals surface area contributed by atoms with Crippen molar-refractivity contribution in [2.75, 3.05) is 24.5 Å². The van der Waals surface area contributed by atoms with E-state index in [0.717, 1.165) is 12.1 Å². The molecular weight excluding hydrogens is 595 g/mol. The van der Waals surface area contributed by atoms with Gasteiger partial charge in [-0.15, -0.1) is 0 Å². The third-order valence-electron chi connectivity index (χ3n) is 6.40. The van der Waals surface area contributed by atoms with E-state index in [1.165, 1.54) is 36.3 Å². The molecule has 3 aromatic rings. The molecular formula is C29H31ClF3N3O5S. The Hall–Kier alpha value is -3.77. The van der Waals surface area contributed by atoms with Crippen molar-refractivity contribution in [2.24, 2.45) is 0 Å². The van der Waals surface area contributed by atoms with Crippen molar-refractivity contribution in [3.05, 3.63) is 88.9 Å². The number of rotatable bonds is 12. The van der Waals surface area contributed by atoms with Crippen molar-refractivity contribution in [2.45, 2.75) is 43.9 Å². The standard InChI is InChI=1S/C29H31ClF3N3O5S/c1-4-26(28(38)34-5-2)35(18-20-11-14-22(41-3)15-12-20)27(37)19-36(42(39,40)23-9-7-6-8-10-23)21-13-16-25(30)24(17-21)29(31,32)33/h6-17,26H,4-5,18-19H2,1-3H3,(H,34,38)/t26-/m1/s1. The number of sulfonamides is 1. The van der Waals surface area contributed by atoms with E-state index < -0.39 is 56.9 Å². The lowest BCUT2D eigenvalue weighted by molar-refractivity contribution is -0.140. The van der Waals surface area contributed by atoms with Crippen LogP contribution in [0.1, 0.15) is 31.4 Å². The minimum absolute atomic E-state index is 0.0773. The molecule has 0 unspecified atom stereocenters. The van der Waals surface area contributed by atoms with Crippen molar-refractivity contribution in [1.29, 1.82) is 0 Å². The summed E-state index contributed by atoms with van der Waals surface area (Å²) in [6.07, 6.45) is -4.69. The fourth-order valence-electron chi connectivity index (χ4n) is 4.27. The highest BCUT2D eigenvalue weighted by Crippen LogP contribution is 2.38. The van der Waals surface area contributed by atoms with E-state index in [0.29, 0.717) is 28.2 Å². The Balaban J connectivity index is 2.12. The van der Waals surface area contributed by atoms with Crippen LogP contribution in [0.25, 0.3) is 0 Å². The quantitative estimate of drug-likeness (QED) is 0.287. The fourth-order valence-corrected chi connectivity index (χ4v) is 5.92. The molecule has 0 saturated carbocycles. The zero-order chi connectivity index (χ0) is 31.1. The van der Waals surface area contributed by atoms with Crippen LogP contribution in [0.4, 0.5) is 18.9 Å². The van der Waals surface area contributed by atoms with Crippen LogP contribution in [0.2, 0.25) is 5.02 Å². The first kappa shape index (κ1) is 32.7. The number of methoxy groups -OCH3 is 1. The van der Waals surface area contributed by atoms with Gasteiger partial charge in [-0.05, 0) is 61.4 Å². The van der Waals surface area contributed by atoms with Crippen molar-refractivity contribution < 1.29 is 35.9 Å².